The van der Waals surface area contributed by atoms with Crippen LogP contribution in [0, 0.1) is 5.92 Å². The van der Waals surface area contributed by atoms with Crippen LogP contribution in [0.4, 0.5) is 0 Å². The van der Waals surface area contributed by atoms with Crippen molar-refractivity contribution in [1.29, 1.82) is 0 Å². The highest BCUT2D eigenvalue weighted by atomic mass is 16.5. The molecule has 1 saturated carbocycles. The molecule has 0 radical (unpaired) electrons. The highest BCUT2D eigenvalue weighted by Crippen LogP contribution is 2.29. The van der Waals surface area contributed by atoms with E-state index in [0.29, 0.717) is 6.04 Å². The first-order valence-electron chi connectivity index (χ1n) is 7.89. The van der Waals surface area contributed by atoms with E-state index in [1.807, 2.05) is 18.2 Å². The molecule has 0 saturated heterocycles. The number of ketones is 1. The van der Waals surface area contributed by atoms with Crippen molar-refractivity contribution in [1.82, 2.24) is 4.90 Å². The quantitative estimate of drug-likeness (QED) is 0.770. The Bertz CT molecular complexity index is 490. The predicted octanol–water partition coefficient (Wildman–Crippen LogP) is 3.91. The first-order valence-corrected chi connectivity index (χ1v) is 7.89. The fourth-order valence-corrected chi connectivity index (χ4v) is 3.20. The lowest BCUT2D eigenvalue weighted by molar-refractivity contribution is 0.101. The Kier molecular flexibility index (Phi) is 5.40. The zero-order chi connectivity index (χ0) is 15.4. The molecule has 116 valence electrons. The number of hydrogen-bond donors (Lipinski definition) is 0. The first-order chi connectivity index (χ1) is 10.0. The summed E-state index contributed by atoms with van der Waals surface area (Å²) in [6.07, 6.45) is 5.18. The van der Waals surface area contributed by atoms with E-state index >= 15 is 0 Å². The molecule has 3 heteroatoms. The van der Waals surface area contributed by atoms with Gasteiger partial charge in [-0.15, -0.1) is 0 Å². The van der Waals surface area contributed by atoms with E-state index in [4.69, 9.17) is 4.74 Å². The van der Waals surface area contributed by atoms with Crippen LogP contribution >= 0.6 is 0 Å². The predicted molar refractivity (Wildman–Crippen MR) is 85.9 cm³/mol. The van der Waals surface area contributed by atoms with Crippen molar-refractivity contribution >= 4 is 5.78 Å². The first kappa shape index (κ1) is 16.0. The molecule has 1 aromatic carbocycles. The van der Waals surface area contributed by atoms with Crippen LogP contribution in [0.5, 0.6) is 5.75 Å². The van der Waals surface area contributed by atoms with Crippen LogP contribution in [-0.4, -0.2) is 30.9 Å². The van der Waals surface area contributed by atoms with Crippen molar-refractivity contribution in [3.05, 3.63) is 29.3 Å². The molecular weight excluding hydrogens is 262 g/mol. The Balaban J connectivity index is 2.10. The largest absolute Gasteiger partial charge is 0.496 e. The summed E-state index contributed by atoms with van der Waals surface area (Å²) in [4.78, 5) is 14.0. The zero-order valence-electron chi connectivity index (χ0n) is 13.7. The maximum Gasteiger partial charge on any atom is 0.159 e. The normalized spacial score (nSPS) is 22.3. The van der Waals surface area contributed by atoms with Crippen LogP contribution in [0.15, 0.2) is 18.2 Å². The van der Waals surface area contributed by atoms with E-state index in [1.54, 1.807) is 14.0 Å². The number of methoxy groups -OCH3 is 1. The maximum absolute atomic E-state index is 11.6. The lowest BCUT2D eigenvalue weighted by atomic mass is 9.86. The van der Waals surface area contributed by atoms with Crippen molar-refractivity contribution in [2.24, 2.45) is 5.92 Å². The van der Waals surface area contributed by atoms with Crippen molar-refractivity contribution in [3.63, 3.8) is 0 Å². The van der Waals surface area contributed by atoms with E-state index in [2.05, 4.69) is 18.9 Å². The van der Waals surface area contributed by atoms with Crippen molar-refractivity contribution in [3.8, 4) is 5.75 Å². The number of carbonyl (C=O) groups is 1. The summed E-state index contributed by atoms with van der Waals surface area (Å²) >= 11 is 0. The average molecular weight is 289 g/mol. The highest BCUT2D eigenvalue weighted by molar-refractivity contribution is 5.94. The summed E-state index contributed by atoms with van der Waals surface area (Å²) in [7, 11) is 3.87. The van der Waals surface area contributed by atoms with Gasteiger partial charge in [0.15, 0.2) is 5.78 Å². The summed E-state index contributed by atoms with van der Waals surface area (Å²) in [6, 6.07) is 6.37. The van der Waals surface area contributed by atoms with Gasteiger partial charge in [-0.05, 0) is 63.8 Å². The fourth-order valence-electron chi connectivity index (χ4n) is 3.20. The average Bonchev–Trinajstić information content (AvgIpc) is 2.47. The molecule has 3 nitrogen and oxygen atoms in total. The van der Waals surface area contributed by atoms with Gasteiger partial charge >= 0.3 is 0 Å². The van der Waals surface area contributed by atoms with Gasteiger partial charge in [0.1, 0.15) is 5.75 Å². The van der Waals surface area contributed by atoms with Gasteiger partial charge in [0, 0.05) is 23.7 Å². The highest BCUT2D eigenvalue weighted by Gasteiger charge is 2.22. The van der Waals surface area contributed by atoms with Gasteiger partial charge in [0.05, 0.1) is 7.11 Å². The molecule has 0 spiro atoms. The minimum atomic E-state index is 0.105. The number of carbonyl (C=O) groups excluding carboxylic acids is 1. The Hall–Kier alpha value is -1.35. The van der Waals surface area contributed by atoms with Gasteiger partial charge < -0.3 is 4.74 Å². The SMILES string of the molecule is COc1ccc(C(C)=O)cc1CN(C)C1CCC(C)CC1. The Labute approximate surface area is 128 Å². The molecule has 0 aromatic heterocycles. The van der Waals surface area contributed by atoms with Gasteiger partial charge in [-0.3, -0.25) is 9.69 Å². The second-order valence-electron chi connectivity index (χ2n) is 6.41. The third kappa shape index (κ3) is 4.07. The molecule has 1 aliphatic carbocycles. The minimum Gasteiger partial charge on any atom is -0.496 e. The van der Waals surface area contributed by atoms with E-state index in [9.17, 15) is 4.79 Å². The molecule has 1 fully saturated rings. The lowest BCUT2D eigenvalue weighted by Crippen LogP contribution is -2.34. The van der Waals surface area contributed by atoms with Crippen molar-refractivity contribution < 1.29 is 9.53 Å². The fraction of sp³-hybridized carbons (Fsp3) is 0.611. The van der Waals surface area contributed by atoms with Crippen LogP contribution in [0.1, 0.15) is 55.5 Å². The van der Waals surface area contributed by atoms with Crippen LogP contribution < -0.4 is 4.74 Å². The van der Waals surface area contributed by atoms with Gasteiger partial charge in [0.25, 0.3) is 0 Å². The molecule has 21 heavy (non-hydrogen) atoms. The van der Waals surface area contributed by atoms with Gasteiger partial charge in [-0.1, -0.05) is 6.92 Å². The molecule has 0 bridgehead atoms. The Morgan fingerprint density at radius 3 is 2.52 bits per heavy atom. The Morgan fingerprint density at radius 2 is 1.95 bits per heavy atom. The van der Waals surface area contributed by atoms with Crippen LogP contribution in [-0.2, 0) is 6.54 Å². The molecule has 2 rings (SSSR count). The van der Waals surface area contributed by atoms with Gasteiger partial charge in [-0.25, -0.2) is 0 Å². The number of benzene rings is 1. The summed E-state index contributed by atoms with van der Waals surface area (Å²) < 4.78 is 5.45. The molecule has 0 atom stereocenters. The molecule has 0 unspecified atom stereocenters. The third-order valence-electron chi connectivity index (χ3n) is 4.72. The minimum absolute atomic E-state index is 0.105. The molecule has 0 aliphatic heterocycles. The molecule has 1 aliphatic rings. The van der Waals surface area contributed by atoms with Crippen molar-refractivity contribution in [2.75, 3.05) is 14.2 Å². The number of Topliss-reactive ketones (excluding diaryl/α,β-unsaturated/α-hetero) is 1. The molecule has 1 aromatic rings. The monoisotopic (exact) mass is 289 g/mol. The molecule has 0 heterocycles. The molecule has 0 amide bonds. The van der Waals surface area contributed by atoms with E-state index in [-0.39, 0.29) is 5.78 Å². The summed E-state index contributed by atoms with van der Waals surface area (Å²) in [5.41, 5.74) is 1.86. The molecule has 0 N–H and O–H groups in total. The molecular formula is C18H27NO2. The van der Waals surface area contributed by atoms with E-state index in [1.165, 1.54) is 25.7 Å². The zero-order valence-corrected chi connectivity index (χ0v) is 13.7. The summed E-state index contributed by atoms with van der Waals surface area (Å²) in [5, 5.41) is 0. The summed E-state index contributed by atoms with van der Waals surface area (Å²) in [6.45, 7) is 4.79. The second kappa shape index (κ2) is 7.08. The lowest BCUT2D eigenvalue weighted by Gasteiger charge is -2.34. The maximum atomic E-state index is 11.6. The number of rotatable bonds is 5. The van der Waals surface area contributed by atoms with Gasteiger partial charge in [-0.2, -0.15) is 0 Å². The standard InChI is InChI=1S/C18H27NO2/c1-13-5-8-17(9-6-13)19(3)12-16-11-15(14(2)20)7-10-18(16)21-4/h7,10-11,13,17H,5-6,8-9,12H2,1-4H3. The van der Waals surface area contributed by atoms with E-state index in [0.717, 1.165) is 29.3 Å². The number of ether oxygens (including phenoxy) is 1. The van der Waals surface area contributed by atoms with E-state index < -0.39 is 0 Å². The van der Waals surface area contributed by atoms with Crippen LogP contribution in [0.3, 0.4) is 0 Å². The van der Waals surface area contributed by atoms with Crippen LogP contribution in [0.2, 0.25) is 0 Å². The second-order valence-corrected chi connectivity index (χ2v) is 6.41. The van der Waals surface area contributed by atoms with Crippen molar-refractivity contribution in [2.45, 2.75) is 52.1 Å². The smallest absolute Gasteiger partial charge is 0.159 e. The topological polar surface area (TPSA) is 29.5 Å². The Morgan fingerprint density at radius 1 is 1.29 bits per heavy atom. The summed E-state index contributed by atoms with van der Waals surface area (Å²) in [5.74, 6) is 1.84. The number of hydrogen-bond acceptors (Lipinski definition) is 3. The van der Waals surface area contributed by atoms with Gasteiger partial charge in [0.2, 0.25) is 0 Å². The van der Waals surface area contributed by atoms with Crippen LogP contribution in [0.25, 0.3) is 0 Å². The number of nitrogens with zero attached hydrogens (tertiary/aromatic N) is 1. The third-order valence-corrected chi connectivity index (χ3v) is 4.72.